The average molecular weight is 206 g/mol. The third-order valence-corrected chi connectivity index (χ3v) is 2.42. The van der Waals surface area contributed by atoms with Crippen LogP contribution >= 0.6 is 12.6 Å². The number of thiol groups is 1. The van der Waals surface area contributed by atoms with Crippen LogP contribution in [0.25, 0.3) is 0 Å². The van der Waals surface area contributed by atoms with Gasteiger partial charge in [0, 0.05) is 12.4 Å². The van der Waals surface area contributed by atoms with Crippen molar-refractivity contribution >= 4 is 12.6 Å². The summed E-state index contributed by atoms with van der Waals surface area (Å²) in [6.45, 7) is 3.05. The van der Waals surface area contributed by atoms with Crippen LogP contribution in [0.15, 0.2) is 0 Å². The zero-order chi connectivity index (χ0) is 9.94. The van der Waals surface area contributed by atoms with E-state index in [0.717, 1.165) is 13.0 Å². The second kappa shape index (κ2) is 10.4. The van der Waals surface area contributed by atoms with E-state index < -0.39 is 0 Å². The van der Waals surface area contributed by atoms with Gasteiger partial charge >= 0.3 is 0 Å². The number of aliphatic hydroxyl groups excluding tert-OH is 1. The van der Waals surface area contributed by atoms with Gasteiger partial charge in [-0.25, -0.2) is 0 Å². The summed E-state index contributed by atoms with van der Waals surface area (Å²) in [5, 5.41) is 8.79. The lowest BCUT2D eigenvalue weighted by Gasteiger charge is -2.12. The van der Waals surface area contributed by atoms with E-state index in [4.69, 9.17) is 9.84 Å². The minimum Gasteiger partial charge on any atom is -0.394 e. The number of aliphatic hydroxyl groups is 1. The zero-order valence-corrected chi connectivity index (χ0v) is 9.43. The van der Waals surface area contributed by atoms with Crippen molar-refractivity contribution in [1.29, 1.82) is 0 Å². The van der Waals surface area contributed by atoms with Crippen LogP contribution in [0.2, 0.25) is 0 Å². The minimum atomic E-state index is -0.0745. The molecule has 2 nitrogen and oxygen atoms in total. The van der Waals surface area contributed by atoms with Crippen LogP contribution in [0.4, 0.5) is 0 Å². The highest BCUT2D eigenvalue weighted by Gasteiger charge is 2.03. The highest BCUT2D eigenvalue weighted by Crippen LogP contribution is 2.03. The van der Waals surface area contributed by atoms with Gasteiger partial charge in [0.1, 0.15) is 0 Å². The Labute approximate surface area is 87.1 Å². The summed E-state index contributed by atoms with van der Waals surface area (Å²) in [4.78, 5) is 0. The smallest absolute Gasteiger partial charge is 0.0893 e. The fourth-order valence-electron chi connectivity index (χ4n) is 1.12. The van der Waals surface area contributed by atoms with E-state index in [-0.39, 0.29) is 12.7 Å². The summed E-state index contributed by atoms with van der Waals surface area (Å²) in [6, 6.07) is 0. The van der Waals surface area contributed by atoms with E-state index >= 15 is 0 Å². The first-order valence-electron chi connectivity index (χ1n) is 5.18. The van der Waals surface area contributed by atoms with Crippen molar-refractivity contribution in [2.24, 2.45) is 0 Å². The molecule has 0 aliphatic rings. The molecule has 0 aliphatic heterocycles. The van der Waals surface area contributed by atoms with Crippen molar-refractivity contribution in [2.75, 3.05) is 19.0 Å². The summed E-state index contributed by atoms with van der Waals surface area (Å²) in [5.74, 6) is 0.603. The molecule has 1 unspecified atom stereocenters. The summed E-state index contributed by atoms with van der Waals surface area (Å²) in [5.41, 5.74) is 0. The summed E-state index contributed by atoms with van der Waals surface area (Å²) < 4.78 is 5.39. The molecule has 0 aromatic rings. The SMILES string of the molecule is CCCCCCCOC(CO)CS. The number of hydrogen-bond donors (Lipinski definition) is 2. The Morgan fingerprint density at radius 2 is 1.92 bits per heavy atom. The normalized spacial score (nSPS) is 13.2. The van der Waals surface area contributed by atoms with Gasteiger partial charge in [0.05, 0.1) is 12.7 Å². The molecule has 0 aromatic carbocycles. The van der Waals surface area contributed by atoms with Crippen LogP contribution in [0, 0.1) is 0 Å². The highest BCUT2D eigenvalue weighted by molar-refractivity contribution is 7.80. The summed E-state index contributed by atoms with van der Waals surface area (Å²) >= 11 is 4.07. The summed E-state index contributed by atoms with van der Waals surface area (Å²) in [6.07, 6.45) is 6.15. The second-order valence-corrected chi connectivity index (χ2v) is 3.64. The van der Waals surface area contributed by atoms with Crippen molar-refractivity contribution in [3.63, 3.8) is 0 Å². The number of unbranched alkanes of at least 4 members (excludes halogenated alkanes) is 4. The number of ether oxygens (including phenoxy) is 1. The molecule has 0 spiro atoms. The topological polar surface area (TPSA) is 29.5 Å². The molecule has 0 amide bonds. The average Bonchev–Trinajstić information content (AvgIpc) is 2.17. The molecule has 0 saturated carbocycles. The van der Waals surface area contributed by atoms with E-state index in [1.807, 2.05) is 0 Å². The number of rotatable bonds is 9. The van der Waals surface area contributed by atoms with Crippen LogP contribution in [0.5, 0.6) is 0 Å². The second-order valence-electron chi connectivity index (χ2n) is 3.27. The van der Waals surface area contributed by atoms with E-state index in [2.05, 4.69) is 19.6 Å². The van der Waals surface area contributed by atoms with Crippen molar-refractivity contribution in [1.82, 2.24) is 0 Å². The van der Waals surface area contributed by atoms with Crippen LogP contribution in [0.1, 0.15) is 39.0 Å². The summed E-state index contributed by atoms with van der Waals surface area (Å²) in [7, 11) is 0. The maximum Gasteiger partial charge on any atom is 0.0893 e. The zero-order valence-electron chi connectivity index (χ0n) is 8.54. The first-order chi connectivity index (χ1) is 6.35. The van der Waals surface area contributed by atoms with E-state index in [1.54, 1.807) is 0 Å². The molecule has 0 saturated heterocycles. The molecule has 0 aromatic heterocycles. The Bertz CT molecular complexity index is 94.9. The maximum absolute atomic E-state index is 8.79. The van der Waals surface area contributed by atoms with E-state index in [0.29, 0.717) is 5.75 Å². The van der Waals surface area contributed by atoms with Gasteiger partial charge in [0.25, 0.3) is 0 Å². The van der Waals surface area contributed by atoms with Crippen molar-refractivity contribution in [3.8, 4) is 0 Å². The van der Waals surface area contributed by atoms with Crippen LogP contribution in [-0.2, 0) is 4.74 Å². The van der Waals surface area contributed by atoms with E-state index in [9.17, 15) is 0 Å². The molecule has 0 radical (unpaired) electrons. The van der Waals surface area contributed by atoms with Crippen LogP contribution in [-0.4, -0.2) is 30.2 Å². The van der Waals surface area contributed by atoms with Gasteiger partial charge in [0.15, 0.2) is 0 Å². The molecule has 0 heterocycles. The predicted octanol–water partition coefficient (Wildman–Crippen LogP) is 2.26. The lowest BCUT2D eigenvalue weighted by molar-refractivity contribution is 0.0263. The lowest BCUT2D eigenvalue weighted by Crippen LogP contribution is -2.19. The Balaban J connectivity index is 3.05. The van der Waals surface area contributed by atoms with Gasteiger partial charge in [0.2, 0.25) is 0 Å². The van der Waals surface area contributed by atoms with Crippen LogP contribution in [0.3, 0.4) is 0 Å². The molecular formula is C10H22O2S. The van der Waals surface area contributed by atoms with Crippen molar-refractivity contribution in [2.45, 2.75) is 45.1 Å². The fourth-order valence-corrected chi connectivity index (χ4v) is 1.34. The quantitative estimate of drug-likeness (QED) is 0.447. The molecular weight excluding hydrogens is 184 g/mol. The first-order valence-corrected chi connectivity index (χ1v) is 5.81. The molecule has 1 N–H and O–H groups in total. The van der Waals surface area contributed by atoms with Crippen LogP contribution < -0.4 is 0 Å². The maximum atomic E-state index is 8.79. The third kappa shape index (κ3) is 8.60. The number of hydrogen-bond acceptors (Lipinski definition) is 3. The van der Waals surface area contributed by atoms with Gasteiger partial charge in [-0.05, 0) is 6.42 Å². The van der Waals surface area contributed by atoms with Gasteiger partial charge in [-0.3, -0.25) is 0 Å². The van der Waals surface area contributed by atoms with Gasteiger partial charge < -0.3 is 9.84 Å². The molecule has 3 heteroatoms. The Morgan fingerprint density at radius 3 is 2.46 bits per heavy atom. The monoisotopic (exact) mass is 206 g/mol. The van der Waals surface area contributed by atoms with Crippen molar-refractivity contribution in [3.05, 3.63) is 0 Å². The van der Waals surface area contributed by atoms with Gasteiger partial charge in [-0.1, -0.05) is 32.6 Å². The molecule has 0 rings (SSSR count). The highest BCUT2D eigenvalue weighted by atomic mass is 32.1. The Morgan fingerprint density at radius 1 is 1.23 bits per heavy atom. The third-order valence-electron chi connectivity index (χ3n) is 2.01. The van der Waals surface area contributed by atoms with Crippen molar-refractivity contribution < 1.29 is 9.84 Å². The van der Waals surface area contributed by atoms with Gasteiger partial charge in [-0.15, -0.1) is 0 Å². The molecule has 0 aliphatic carbocycles. The van der Waals surface area contributed by atoms with E-state index in [1.165, 1.54) is 25.7 Å². The molecule has 0 bridgehead atoms. The predicted molar refractivity (Wildman–Crippen MR) is 59.4 cm³/mol. The van der Waals surface area contributed by atoms with Gasteiger partial charge in [-0.2, -0.15) is 12.6 Å². The Hall–Kier alpha value is 0.270. The molecule has 80 valence electrons. The lowest BCUT2D eigenvalue weighted by atomic mass is 10.2. The Kier molecular flexibility index (Phi) is 10.6. The molecule has 13 heavy (non-hydrogen) atoms. The first kappa shape index (κ1) is 13.3. The largest absolute Gasteiger partial charge is 0.394 e. The fraction of sp³-hybridized carbons (Fsp3) is 1.00. The molecule has 1 atom stereocenters. The standard InChI is InChI=1S/C10H22O2S/c1-2-3-4-5-6-7-12-10(8-11)9-13/h10-11,13H,2-9H2,1H3. The molecule has 0 fully saturated rings. The minimum absolute atomic E-state index is 0.0745.